The van der Waals surface area contributed by atoms with E-state index in [2.05, 4.69) is 10.6 Å². The van der Waals surface area contributed by atoms with Crippen LogP contribution in [-0.4, -0.2) is 34.1 Å². The normalized spacial score (nSPS) is 11.8. The van der Waals surface area contributed by atoms with E-state index >= 15 is 0 Å². The van der Waals surface area contributed by atoms with Crippen molar-refractivity contribution in [3.8, 4) is 0 Å². The zero-order valence-electron chi connectivity index (χ0n) is 14.0. The molecule has 2 amide bonds. The number of aryl methyl sites for hydroxylation is 1. The highest BCUT2D eigenvalue weighted by molar-refractivity contribution is 6.03. The van der Waals surface area contributed by atoms with Crippen molar-refractivity contribution in [3.63, 3.8) is 0 Å². The molecule has 24 heavy (non-hydrogen) atoms. The van der Waals surface area contributed by atoms with Gasteiger partial charge in [-0.25, -0.2) is 0 Å². The third kappa shape index (κ3) is 4.70. The largest absolute Gasteiger partial charge is 0.394 e. The van der Waals surface area contributed by atoms with E-state index in [9.17, 15) is 9.59 Å². The standard InChI is InChI=1S/C18H23N3O3/c1-3-14(12-22)19-17(23)11-13-6-8-15(9-7-13)20-18(24)16-5-4-10-21(16)2/h4-10,14,22H,3,11-12H2,1-2H3,(H,19,23)(H,20,24). The SMILES string of the molecule is CCC(CO)NC(=O)Cc1ccc(NC(=O)c2cccn2C)cc1. The number of anilines is 1. The maximum atomic E-state index is 12.1. The Bertz CT molecular complexity index is 688. The number of aliphatic hydroxyl groups excluding tert-OH is 1. The van der Waals surface area contributed by atoms with E-state index in [0.29, 0.717) is 17.8 Å². The van der Waals surface area contributed by atoms with E-state index in [1.54, 1.807) is 34.9 Å². The Morgan fingerprint density at radius 1 is 1.21 bits per heavy atom. The molecule has 0 aliphatic carbocycles. The van der Waals surface area contributed by atoms with Gasteiger partial charge in [-0.1, -0.05) is 19.1 Å². The first-order chi connectivity index (χ1) is 11.5. The average molecular weight is 329 g/mol. The molecule has 128 valence electrons. The predicted octanol–water partition coefficient (Wildman–Crippen LogP) is 1.71. The molecule has 2 rings (SSSR count). The summed E-state index contributed by atoms with van der Waals surface area (Å²) in [4.78, 5) is 24.0. The van der Waals surface area contributed by atoms with Gasteiger partial charge in [0.05, 0.1) is 19.1 Å². The zero-order valence-corrected chi connectivity index (χ0v) is 14.0. The fraction of sp³-hybridized carbons (Fsp3) is 0.333. The van der Waals surface area contributed by atoms with E-state index in [1.807, 2.05) is 26.2 Å². The number of benzene rings is 1. The summed E-state index contributed by atoms with van der Waals surface area (Å²) in [5.41, 5.74) is 2.09. The monoisotopic (exact) mass is 329 g/mol. The van der Waals surface area contributed by atoms with Crippen molar-refractivity contribution >= 4 is 17.5 Å². The minimum atomic E-state index is -0.207. The van der Waals surface area contributed by atoms with Crippen LogP contribution in [0.25, 0.3) is 0 Å². The summed E-state index contributed by atoms with van der Waals surface area (Å²) in [5.74, 6) is -0.307. The predicted molar refractivity (Wildman–Crippen MR) is 92.8 cm³/mol. The van der Waals surface area contributed by atoms with Crippen LogP contribution in [0.2, 0.25) is 0 Å². The molecular formula is C18H23N3O3. The van der Waals surface area contributed by atoms with Crippen LogP contribution in [0.4, 0.5) is 5.69 Å². The lowest BCUT2D eigenvalue weighted by atomic mass is 10.1. The number of nitrogens with one attached hydrogen (secondary N) is 2. The van der Waals surface area contributed by atoms with E-state index < -0.39 is 0 Å². The molecule has 1 atom stereocenters. The molecule has 3 N–H and O–H groups in total. The first-order valence-electron chi connectivity index (χ1n) is 7.95. The Kier molecular flexibility index (Phi) is 6.14. The Balaban J connectivity index is 1.92. The summed E-state index contributed by atoms with van der Waals surface area (Å²) < 4.78 is 1.75. The second-order valence-corrected chi connectivity index (χ2v) is 5.69. The first kappa shape index (κ1) is 17.7. The third-order valence-corrected chi connectivity index (χ3v) is 3.83. The Labute approximate surface area is 141 Å². The summed E-state index contributed by atoms with van der Waals surface area (Å²) in [6.45, 7) is 1.84. The van der Waals surface area contributed by atoms with Gasteiger partial charge < -0.3 is 20.3 Å². The van der Waals surface area contributed by atoms with Gasteiger partial charge >= 0.3 is 0 Å². The van der Waals surface area contributed by atoms with Crippen LogP contribution < -0.4 is 10.6 Å². The number of aliphatic hydroxyl groups is 1. The average Bonchev–Trinajstić information content (AvgIpc) is 3.00. The molecule has 0 aliphatic heterocycles. The number of rotatable bonds is 7. The fourth-order valence-electron chi connectivity index (χ4n) is 2.34. The topological polar surface area (TPSA) is 83.4 Å². The minimum absolute atomic E-state index is 0.0631. The number of carbonyl (C=O) groups is 2. The van der Waals surface area contributed by atoms with Crippen LogP contribution in [-0.2, 0) is 18.3 Å². The third-order valence-electron chi connectivity index (χ3n) is 3.83. The van der Waals surface area contributed by atoms with Crippen LogP contribution in [0, 0.1) is 0 Å². The molecule has 1 aromatic heterocycles. The van der Waals surface area contributed by atoms with Crippen LogP contribution >= 0.6 is 0 Å². The highest BCUT2D eigenvalue weighted by Crippen LogP contribution is 2.12. The Morgan fingerprint density at radius 2 is 1.92 bits per heavy atom. The number of hydrogen-bond donors (Lipinski definition) is 3. The van der Waals surface area contributed by atoms with Gasteiger partial charge in [0.2, 0.25) is 5.91 Å². The van der Waals surface area contributed by atoms with Gasteiger partial charge in [0.1, 0.15) is 5.69 Å². The molecule has 6 heteroatoms. The van der Waals surface area contributed by atoms with Gasteiger partial charge in [-0.15, -0.1) is 0 Å². The van der Waals surface area contributed by atoms with Gasteiger partial charge in [-0.2, -0.15) is 0 Å². The number of carbonyl (C=O) groups excluding carboxylic acids is 2. The maximum Gasteiger partial charge on any atom is 0.272 e. The van der Waals surface area contributed by atoms with E-state index in [1.165, 1.54) is 0 Å². The second kappa shape index (κ2) is 8.31. The molecule has 0 fully saturated rings. The van der Waals surface area contributed by atoms with Gasteiger partial charge in [0, 0.05) is 18.9 Å². The molecular weight excluding hydrogens is 306 g/mol. The van der Waals surface area contributed by atoms with Crippen molar-refractivity contribution in [1.29, 1.82) is 0 Å². The summed E-state index contributed by atoms with van der Waals surface area (Å²) >= 11 is 0. The molecule has 2 aromatic rings. The lowest BCUT2D eigenvalue weighted by Crippen LogP contribution is -2.37. The first-order valence-corrected chi connectivity index (χ1v) is 7.95. The van der Waals surface area contributed by atoms with Crippen LogP contribution in [0.15, 0.2) is 42.6 Å². The lowest BCUT2D eigenvalue weighted by Gasteiger charge is -2.14. The summed E-state index contributed by atoms with van der Waals surface area (Å²) in [5, 5.41) is 14.7. The number of amides is 2. The molecule has 1 aromatic carbocycles. The molecule has 0 radical (unpaired) electrons. The number of hydrogen-bond acceptors (Lipinski definition) is 3. The van der Waals surface area contributed by atoms with Crippen molar-refractivity contribution in [2.24, 2.45) is 7.05 Å². The molecule has 1 unspecified atom stereocenters. The molecule has 0 saturated carbocycles. The van der Waals surface area contributed by atoms with Gasteiger partial charge in [-0.3, -0.25) is 9.59 Å². The van der Waals surface area contributed by atoms with Gasteiger partial charge in [0.15, 0.2) is 0 Å². The van der Waals surface area contributed by atoms with Crippen LogP contribution in [0.5, 0.6) is 0 Å². The maximum absolute atomic E-state index is 12.1. The Morgan fingerprint density at radius 3 is 2.46 bits per heavy atom. The molecule has 0 saturated heterocycles. The van der Waals surface area contributed by atoms with E-state index in [4.69, 9.17) is 5.11 Å². The minimum Gasteiger partial charge on any atom is -0.394 e. The van der Waals surface area contributed by atoms with Crippen molar-refractivity contribution < 1.29 is 14.7 Å². The van der Waals surface area contributed by atoms with Gasteiger partial charge in [0.25, 0.3) is 5.91 Å². The second-order valence-electron chi connectivity index (χ2n) is 5.69. The quantitative estimate of drug-likeness (QED) is 0.723. The van der Waals surface area contributed by atoms with E-state index in [0.717, 1.165) is 5.56 Å². The van der Waals surface area contributed by atoms with Crippen LogP contribution in [0.1, 0.15) is 29.4 Å². The highest BCUT2D eigenvalue weighted by atomic mass is 16.3. The smallest absolute Gasteiger partial charge is 0.272 e. The molecule has 6 nitrogen and oxygen atoms in total. The molecule has 1 heterocycles. The molecule has 0 aliphatic rings. The van der Waals surface area contributed by atoms with Crippen molar-refractivity contribution in [2.45, 2.75) is 25.8 Å². The van der Waals surface area contributed by atoms with Crippen molar-refractivity contribution in [3.05, 3.63) is 53.9 Å². The summed E-state index contributed by atoms with van der Waals surface area (Å²) in [7, 11) is 1.81. The van der Waals surface area contributed by atoms with Crippen molar-refractivity contribution in [1.82, 2.24) is 9.88 Å². The molecule has 0 spiro atoms. The number of aromatic nitrogens is 1. The Hall–Kier alpha value is -2.60. The van der Waals surface area contributed by atoms with Crippen LogP contribution in [0.3, 0.4) is 0 Å². The number of nitrogens with zero attached hydrogens (tertiary/aromatic N) is 1. The highest BCUT2D eigenvalue weighted by Gasteiger charge is 2.11. The lowest BCUT2D eigenvalue weighted by molar-refractivity contribution is -0.121. The molecule has 0 bridgehead atoms. The fourth-order valence-corrected chi connectivity index (χ4v) is 2.34. The summed E-state index contributed by atoms with van der Waals surface area (Å²) in [6.07, 6.45) is 2.74. The zero-order chi connectivity index (χ0) is 17.5. The van der Waals surface area contributed by atoms with Crippen molar-refractivity contribution in [2.75, 3.05) is 11.9 Å². The summed E-state index contributed by atoms with van der Waals surface area (Å²) in [6, 6.07) is 10.5. The van der Waals surface area contributed by atoms with Gasteiger partial charge in [-0.05, 0) is 36.2 Å². The van der Waals surface area contributed by atoms with E-state index in [-0.39, 0.29) is 30.9 Å².